The molecule has 96 valence electrons. The van der Waals surface area contributed by atoms with Crippen molar-refractivity contribution >= 4 is 16.7 Å². The third-order valence-corrected chi connectivity index (χ3v) is 3.91. The van der Waals surface area contributed by atoms with Crippen LogP contribution in [0, 0.1) is 13.8 Å². The van der Waals surface area contributed by atoms with Crippen LogP contribution in [-0.4, -0.2) is 14.5 Å². The molecule has 5 nitrogen and oxygen atoms in total. The summed E-state index contributed by atoms with van der Waals surface area (Å²) < 4.78 is 9.57. The Bertz CT molecular complexity index is 539. The average molecular weight is 264 g/mol. The van der Waals surface area contributed by atoms with E-state index in [4.69, 9.17) is 4.52 Å². The Kier molecular flexibility index (Phi) is 2.81. The van der Waals surface area contributed by atoms with Gasteiger partial charge in [0.25, 0.3) is 0 Å². The minimum atomic E-state index is 0.135. The molecule has 0 aliphatic heterocycles. The number of aromatic nitrogens is 3. The number of nitrogens with one attached hydrogen (secondary N) is 1. The molecule has 0 radical (unpaired) electrons. The van der Waals surface area contributed by atoms with E-state index in [1.54, 1.807) is 0 Å². The van der Waals surface area contributed by atoms with Crippen LogP contribution in [0.5, 0.6) is 0 Å². The van der Waals surface area contributed by atoms with Crippen molar-refractivity contribution in [1.29, 1.82) is 0 Å². The lowest BCUT2D eigenvalue weighted by Gasteiger charge is -2.11. The summed E-state index contributed by atoms with van der Waals surface area (Å²) in [6.45, 7) is 5.98. The SMILES string of the molecule is Cc1noc(C)c1C(C)Nc1nc(C2CC2)ns1. The van der Waals surface area contributed by atoms with Crippen molar-refractivity contribution in [2.75, 3.05) is 5.32 Å². The largest absolute Gasteiger partial charge is 0.361 e. The number of hydrogen-bond donors (Lipinski definition) is 1. The molecule has 3 rings (SSSR count). The van der Waals surface area contributed by atoms with Crippen LogP contribution in [0.2, 0.25) is 0 Å². The summed E-state index contributed by atoms with van der Waals surface area (Å²) in [6, 6.07) is 0.135. The Labute approximate surface area is 110 Å². The zero-order chi connectivity index (χ0) is 12.7. The molecule has 2 aromatic rings. The molecule has 2 aromatic heterocycles. The zero-order valence-corrected chi connectivity index (χ0v) is 11.5. The molecule has 1 fully saturated rings. The minimum Gasteiger partial charge on any atom is -0.361 e. The van der Waals surface area contributed by atoms with Crippen LogP contribution in [0.15, 0.2) is 4.52 Å². The number of rotatable bonds is 4. The van der Waals surface area contributed by atoms with Crippen molar-refractivity contribution in [2.24, 2.45) is 0 Å². The number of nitrogens with zero attached hydrogens (tertiary/aromatic N) is 3. The molecule has 18 heavy (non-hydrogen) atoms. The zero-order valence-electron chi connectivity index (χ0n) is 10.7. The van der Waals surface area contributed by atoms with Crippen molar-refractivity contribution in [1.82, 2.24) is 14.5 Å². The second kappa shape index (κ2) is 4.35. The Balaban J connectivity index is 1.75. The first-order chi connectivity index (χ1) is 8.65. The van der Waals surface area contributed by atoms with Gasteiger partial charge in [-0.25, -0.2) is 4.98 Å². The molecule has 0 saturated heterocycles. The third-order valence-electron chi connectivity index (χ3n) is 3.25. The average Bonchev–Trinajstić information content (AvgIpc) is 2.99. The van der Waals surface area contributed by atoms with Crippen LogP contribution in [0.25, 0.3) is 0 Å². The van der Waals surface area contributed by atoms with Crippen LogP contribution in [-0.2, 0) is 0 Å². The second-order valence-electron chi connectivity index (χ2n) is 4.84. The lowest BCUT2D eigenvalue weighted by atomic mass is 10.1. The van der Waals surface area contributed by atoms with Gasteiger partial charge in [0, 0.05) is 23.0 Å². The first-order valence-electron chi connectivity index (χ1n) is 6.18. The van der Waals surface area contributed by atoms with E-state index < -0.39 is 0 Å². The van der Waals surface area contributed by atoms with Gasteiger partial charge in [0.05, 0.1) is 11.7 Å². The molecule has 1 saturated carbocycles. The third kappa shape index (κ3) is 2.12. The second-order valence-corrected chi connectivity index (χ2v) is 5.59. The van der Waals surface area contributed by atoms with E-state index in [1.165, 1.54) is 24.4 Å². The maximum atomic E-state index is 5.18. The summed E-state index contributed by atoms with van der Waals surface area (Å²) in [6.07, 6.45) is 2.46. The smallest absolute Gasteiger partial charge is 0.203 e. The molecule has 1 unspecified atom stereocenters. The molecule has 0 aromatic carbocycles. The van der Waals surface area contributed by atoms with E-state index in [-0.39, 0.29) is 6.04 Å². The first kappa shape index (κ1) is 11.6. The lowest BCUT2D eigenvalue weighted by Crippen LogP contribution is -2.08. The van der Waals surface area contributed by atoms with Gasteiger partial charge < -0.3 is 9.84 Å². The van der Waals surface area contributed by atoms with Gasteiger partial charge in [-0.1, -0.05) is 5.16 Å². The van der Waals surface area contributed by atoms with E-state index in [2.05, 4.69) is 26.8 Å². The monoisotopic (exact) mass is 264 g/mol. The highest BCUT2D eigenvalue weighted by Crippen LogP contribution is 2.39. The Morgan fingerprint density at radius 1 is 1.39 bits per heavy atom. The van der Waals surface area contributed by atoms with E-state index in [1.807, 2.05) is 13.8 Å². The van der Waals surface area contributed by atoms with E-state index in [0.717, 1.165) is 28.0 Å². The standard InChI is InChI=1S/C12H16N4OS/c1-6(10-7(2)15-17-8(10)3)13-12-14-11(16-18-12)9-4-5-9/h6,9H,4-5H2,1-3H3,(H,13,14,16). The van der Waals surface area contributed by atoms with Crippen LogP contribution >= 0.6 is 11.5 Å². The normalized spacial score (nSPS) is 16.8. The number of hydrogen-bond acceptors (Lipinski definition) is 6. The van der Waals surface area contributed by atoms with Gasteiger partial charge in [0.2, 0.25) is 5.13 Å². The van der Waals surface area contributed by atoms with Crippen molar-refractivity contribution in [3.63, 3.8) is 0 Å². The van der Waals surface area contributed by atoms with Crippen molar-refractivity contribution in [3.05, 3.63) is 22.8 Å². The summed E-state index contributed by atoms with van der Waals surface area (Å²) >= 11 is 1.43. The molecule has 1 atom stereocenters. The minimum absolute atomic E-state index is 0.135. The maximum Gasteiger partial charge on any atom is 0.203 e. The van der Waals surface area contributed by atoms with Crippen LogP contribution in [0.4, 0.5) is 5.13 Å². The fraction of sp³-hybridized carbons (Fsp3) is 0.583. The highest BCUT2D eigenvalue weighted by Gasteiger charge is 2.28. The lowest BCUT2D eigenvalue weighted by molar-refractivity contribution is 0.392. The summed E-state index contributed by atoms with van der Waals surface area (Å²) in [4.78, 5) is 4.53. The predicted octanol–water partition coefficient (Wildman–Crippen LogP) is 3.19. The highest BCUT2D eigenvalue weighted by atomic mass is 32.1. The predicted molar refractivity (Wildman–Crippen MR) is 69.9 cm³/mol. The molecule has 1 aliphatic rings. The topological polar surface area (TPSA) is 63.8 Å². The van der Waals surface area contributed by atoms with E-state index in [9.17, 15) is 0 Å². The van der Waals surface area contributed by atoms with Crippen molar-refractivity contribution < 1.29 is 4.52 Å². The summed E-state index contributed by atoms with van der Waals surface area (Å²) in [5.41, 5.74) is 2.04. The first-order valence-corrected chi connectivity index (χ1v) is 6.95. The maximum absolute atomic E-state index is 5.18. The fourth-order valence-corrected chi connectivity index (χ4v) is 2.90. The highest BCUT2D eigenvalue weighted by molar-refractivity contribution is 7.09. The van der Waals surface area contributed by atoms with E-state index in [0.29, 0.717) is 5.92 Å². The van der Waals surface area contributed by atoms with Crippen molar-refractivity contribution in [3.8, 4) is 0 Å². The summed E-state index contributed by atoms with van der Waals surface area (Å²) in [5.74, 6) is 2.46. The molecule has 0 spiro atoms. The summed E-state index contributed by atoms with van der Waals surface area (Å²) in [7, 11) is 0. The van der Waals surface area contributed by atoms with Gasteiger partial charge in [-0.2, -0.15) is 4.37 Å². The van der Waals surface area contributed by atoms with E-state index >= 15 is 0 Å². The van der Waals surface area contributed by atoms with Gasteiger partial charge in [-0.15, -0.1) is 0 Å². The van der Waals surface area contributed by atoms with Gasteiger partial charge in [-0.3, -0.25) is 0 Å². The van der Waals surface area contributed by atoms with Gasteiger partial charge in [0.1, 0.15) is 11.6 Å². The Morgan fingerprint density at radius 2 is 2.17 bits per heavy atom. The molecule has 1 aliphatic carbocycles. The molecule has 6 heteroatoms. The van der Waals surface area contributed by atoms with Crippen LogP contribution in [0.1, 0.15) is 54.6 Å². The van der Waals surface area contributed by atoms with Crippen LogP contribution < -0.4 is 5.32 Å². The molecule has 0 amide bonds. The quantitative estimate of drug-likeness (QED) is 0.918. The molecule has 2 heterocycles. The summed E-state index contributed by atoms with van der Waals surface area (Å²) in [5, 5.41) is 8.23. The fourth-order valence-electron chi connectivity index (χ4n) is 2.17. The number of aryl methyl sites for hydroxylation is 2. The Morgan fingerprint density at radius 3 is 2.78 bits per heavy atom. The molecule has 1 N–H and O–H groups in total. The molecular formula is C12H16N4OS. The van der Waals surface area contributed by atoms with Gasteiger partial charge in [0.15, 0.2) is 0 Å². The van der Waals surface area contributed by atoms with Crippen LogP contribution in [0.3, 0.4) is 0 Å². The van der Waals surface area contributed by atoms with Crippen molar-refractivity contribution in [2.45, 2.75) is 45.6 Å². The number of anilines is 1. The van der Waals surface area contributed by atoms with Gasteiger partial charge >= 0.3 is 0 Å². The Hall–Kier alpha value is -1.43. The molecular weight excluding hydrogens is 248 g/mol. The van der Waals surface area contributed by atoms with Gasteiger partial charge in [-0.05, 0) is 33.6 Å². The molecule has 0 bridgehead atoms.